The van der Waals surface area contributed by atoms with Gasteiger partial charge in [-0.25, -0.2) is 4.98 Å². The second-order valence-electron chi connectivity index (χ2n) is 3.99. The minimum atomic E-state index is 0.550. The van der Waals surface area contributed by atoms with Gasteiger partial charge in [-0.1, -0.05) is 34.8 Å². The van der Waals surface area contributed by atoms with Crippen molar-refractivity contribution < 1.29 is 0 Å². The minimum Gasteiger partial charge on any atom is -0.338 e. The van der Waals surface area contributed by atoms with Crippen molar-refractivity contribution >= 4 is 61.8 Å². The molecule has 96 valence electrons. The number of hydrogen-bond acceptors (Lipinski definition) is 1. The number of nitrogens with zero attached hydrogens (tertiary/aromatic N) is 1. The van der Waals surface area contributed by atoms with E-state index in [0.717, 1.165) is 21.1 Å². The first-order valence-corrected chi connectivity index (χ1v) is 7.27. The first-order chi connectivity index (χ1) is 9.04. The van der Waals surface area contributed by atoms with Crippen LogP contribution in [-0.2, 0) is 0 Å². The molecule has 6 heteroatoms. The molecule has 0 saturated heterocycles. The number of rotatable bonds is 1. The summed E-state index contributed by atoms with van der Waals surface area (Å²) in [6.45, 7) is 0. The van der Waals surface area contributed by atoms with Crippen molar-refractivity contribution in [2.24, 2.45) is 0 Å². The van der Waals surface area contributed by atoms with E-state index in [1.165, 1.54) is 0 Å². The molecule has 19 heavy (non-hydrogen) atoms. The largest absolute Gasteiger partial charge is 0.338 e. The minimum absolute atomic E-state index is 0.550. The van der Waals surface area contributed by atoms with Gasteiger partial charge in [0, 0.05) is 20.1 Å². The van der Waals surface area contributed by atoms with Gasteiger partial charge in [0.15, 0.2) is 0 Å². The van der Waals surface area contributed by atoms with E-state index in [4.69, 9.17) is 34.8 Å². The zero-order valence-electron chi connectivity index (χ0n) is 9.35. The smallest absolute Gasteiger partial charge is 0.140 e. The van der Waals surface area contributed by atoms with E-state index >= 15 is 0 Å². The summed E-state index contributed by atoms with van der Waals surface area (Å²) < 4.78 is 0.836. The van der Waals surface area contributed by atoms with Crippen LogP contribution < -0.4 is 0 Å². The number of fused-ring (bicyclic) bond motifs is 1. The van der Waals surface area contributed by atoms with Gasteiger partial charge in [0.1, 0.15) is 11.3 Å². The number of nitrogens with one attached hydrogen (secondary N) is 1. The maximum Gasteiger partial charge on any atom is 0.140 e. The number of imidazole rings is 1. The molecule has 2 nitrogen and oxygen atoms in total. The Labute approximate surface area is 132 Å². The fourth-order valence-electron chi connectivity index (χ4n) is 1.85. The zero-order valence-corrected chi connectivity index (χ0v) is 13.2. The van der Waals surface area contributed by atoms with E-state index in [1.807, 2.05) is 12.1 Å². The van der Waals surface area contributed by atoms with Crippen molar-refractivity contribution in [3.05, 3.63) is 49.9 Å². The molecule has 0 fully saturated rings. The Bertz CT molecular complexity index is 783. The summed E-state index contributed by atoms with van der Waals surface area (Å²) in [5.74, 6) is 0.680. The summed E-state index contributed by atoms with van der Waals surface area (Å²) in [6.07, 6.45) is 0. The summed E-state index contributed by atoms with van der Waals surface area (Å²) >= 11 is 21.5. The molecule has 3 rings (SSSR count). The van der Waals surface area contributed by atoms with Gasteiger partial charge in [0.25, 0.3) is 0 Å². The van der Waals surface area contributed by atoms with Crippen LogP contribution in [0.1, 0.15) is 0 Å². The Kier molecular flexibility index (Phi) is 3.48. The highest BCUT2D eigenvalue weighted by molar-refractivity contribution is 9.10. The molecule has 0 atom stereocenters. The van der Waals surface area contributed by atoms with E-state index in [2.05, 4.69) is 25.9 Å². The van der Waals surface area contributed by atoms with Crippen LogP contribution in [0.3, 0.4) is 0 Å². The predicted octanol–water partition coefficient (Wildman–Crippen LogP) is 5.95. The molecule has 0 bridgehead atoms. The van der Waals surface area contributed by atoms with E-state index in [9.17, 15) is 0 Å². The second-order valence-corrected chi connectivity index (χ2v) is 6.13. The standard InChI is InChI=1S/C13H6BrCl3N2/c14-9-3-7(16)5-11-12(9)19-13(18-11)8-2-1-6(15)4-10(8)17/h1-5H,(H,18,19). The second kappa shape index (κ2) is 4.98. The van der Waals surface area contributed by atoms with Crippen molar-refractivity contribution in [1.82, 2.24) is 9.97 Å². The number of benzene rings is 2. The first-order valence-electron chi connectivity index (χ1n) is 5.35. The normalized spacial score (nSPS) is 11.2. The molecule has 0 unspecified atom stereocenters. The fraction of sp³-hybridized carbons (Fsp3) is 0. The highest BCUT2D eigenvalue weighted by Crippen LogP contribution is 2.33. The van der Waals surface area contributed by atoms with Crippen molar-refractivity contribution in [3.8, 4) is 11.4 Å². The maximum atomic E-state index is 6.18. The van der Waals surface area contributed by atoms with Gasteiger partial charge in [-0.05, 0) is 46.3 Å². The average Bonchev–Trinajstić information content (AvgIpc) is 2.72. The Morgan fingerprint density at radius 2 is 1.79 bits per heavy atom. The van der Waals surface area contributed by atoms with Crippen molar-refractivity contribution in [2.45, 2.75) is 0 Å². The Morgan fingerprint density at radius 1 is 1.00 bits per heavy atom. The zero-order chi connectivity index (χ0) is 13.6. The summed E-state index contributed by atoms with van der Waals surface area (Å²) in [6, 6.07) is 8.92. The molecule has 3 aromatic rings. The maximum absolute atomic E-state index is 6.18. The lowest BCUT2D eigenvalue weighted by atomic mass is 10.2. The van der Waals surface area contributed by atoms with Gasteiger partial charge in [0.05, 0.1) is 10.5 Å². The molecule has 0 radical (unpaired) electrons. The summed E-state index contributed by atoms with van der Waals surface area (Å²) in [5, 5.41) is 1.78. The number of aromatic nitrogens is 2. The SMILES string of the molecule is Clc1ccc(-c2nc3c(Br)cc(Cl)cc3[nH]2)c(Cl)c1. The lowest BCUT2D eigenvalue weighted by molar-refractivity contribution is 1.33. The molecule has 1 aromatic heterocycles. The number of H-pyrrole nitrogens is 1. The van der Waals surface area contributed by atoms with Crippen molar-refractivity contribution in [1.29, 1.82) is 0 Å². The third kappa shape index (κ3) is 2.48. The van der Waals surface area contributed by atoms with Gasteiger partial charge in [0.2, 0.25) is 0 Å². The highest BCUT2D eigenvalue weighted by atomic mass is 79.9. The van der Waals surface area contributed by atoms with E-state index in [1.54, 1.807) is 18.2 Å². The quantitative estimate of drug-likeness (QED) is 0.558. The van der Waals surface area contributed by atoms with Crippen LogP contribution in [-0.4, -0.2) is 9.97 Å². The highest BCUT2D eigenvalue weighted by Gasteiger charge is 2.11. The molecule has 0 saturated carbocycles. The van der Waals surface area contributed by atoms with Crippen LogP contribution in [0.15, 0.2) is 34.8 Å². The molecule has 1 N–H and O–H groups in total. The van der Waals surface area contributed by atoms with E-state index < -0.39 is 0 Å². The van der Waals surface area contributed by atoms with Gasteiger partial charge in [-0.2, -0.15) is 0 Å². The molecule has 0 aliphatic carbocycles. The van der Waals surface area contributed by atoms with Gasteiger partial charge in [-0.3, -0.25) is 0 Å². The first kappa shape index (κ1) is 13.3. The van der Waals surface area contributed by atoms with Crippen molar-refractivity contribution in [3.63, 3.8) is 0 Å². The van der Waals surface area contributed by atoms with Crippen LogP contribution in [0.5, 0.6) is 0 Å². The van der Waals surface area contributed by atoms with Crippen molar-refractivity contribution in [2.75, 3.05) is 0 Å². The number of hydrogen-bond donors (Lipinski definition) is 1. The van der Waals surface area contributed by atoms with Crippen LogP contribution >= 0.6 is 50.7 Å². The van der Waals surface area contributed by atoms with Gasteiger partial charge >= 0.3 is 0 Å². The Balaban J connectivity index is 2.23. The fourth-order valence-corrected chi connectivity index (χ4v) is 3.25. The molecule has 0 aliphatic heterocycles. The van der Waals surface area contributed by atoms with Crippen LogP contribution in [0.2, 0.25) is 15.1 Å². The third-order valence-electron chi connectivity index (χ3n) is 2.69. The van der Waals surface area contributed by atoms with E-state index in [-0.39, 0.29) is 0 Å². The van der Waals surface area contributed by atoms with Crippen LogP contribution in [0, 0.1) is 0 Å². The van der Waals surface area contributed by atoms with E-state index in [0.29, 0.717) is 20.9 Å². The van der Waals surface area contributed by atoms with Gasteiger partial charge in [-0.15, -0.1) is 0 Å². The Hall–Kier alpha value is -0.740. The third-order valence-corrected chi connectivity index (χ3v) is 4.06. The average molecular weight is 376 g/mol. The molecule has 0 amide bonds. The predicted molar refractivity (Wildman–Crippen MR) is 84.3 cm³/mol. The summed E-state index contributed by atoms with van der Waals surface area (Å²) in [7, 11) is 0. The van der Waals surface area contributed by atoms with Gasteiger partial charge < -0.3 is 4.98 Å². The molecule has 0 aliphatic rings. The molecular formula is C13H6BrCl3N2. The number of aromatic amines is 1. The summed E-state index contributed by atoms with van der Waals surface area (Å²) in [5.41, 5.74) is 2.45. The molecule has 1 heterocycles. The Morgan fingerprint density at radius 3 is 2.53 bits per heavy atom. The molecule has 2 aromatic carbocycles. The lowest BCUT2D eigenvalue weighted by Crippen LogP contribution is -1.81. The van der Waals surface area contributed by atoms with Crippen LogP contribution in [0.25, 0.3) is 22.4 Å². The molecular weight excluding hydrogens is 370 g/mol. The van der Waals surface area contributed by atoms with Crippen LogP contribution in [0.4, 0.5) is 0 Å². The lowest BCUT2D eigenvalue weighted by Gasteiger charge is -2.00. The topological polar surface area (TPSA) is 28.7 Å². The monoisotopic (exact) mass is 374 g/mol. The summed E-state index contributed by atoms with van der Waals surface area (Å²) in [4.78, 5) is 7.73. The number of halogens is 4. The molecule has 0 spiro atoms.